The number of carbonyl (C=O) groups excluding carboxylic acids is 1. The van der Waals surface area contributed by atoms with Gasteiger partial charge in [0.25, 0.3) is 0 Å². The maximum Gasteiger partial charge on any atom is 0.338 e. The summed E-state index contributed by atoms with van der Waals surface area (Å²) in [7, 11) is 1.46. The van der Waals surface area contributed by atoms with Crippen LogP contribution in [0, 0.1) is 0 Å². The van der Waals surface area contributed by atoms with E-state index in [1.165, 1.54) is 19.2 Å². The van der Waals surface area contributed by atoms with Crippen LogP contribution in [0.25, 0.3) is 0 Å². The molecule has 0 amide bonds. The van der Waals surface area contributed by atoms with E-state index in [1.54, 1.807) is 13.8 Å². The van der Waals surface area contributed by atoms with Crippen molar-refractivity contribution in [1.82, 2.24) is 0 Å². The van der Waals surface area contributed by atoms with Gasteiger partial charge in [-0.3, -0.25) is 0 Å². The van der Waals surface area contributed by atoms with Gasteiger partial charge in [0.1, 0.15) is 0 Å². The van der Waals surface area contributed by atoms with Gasteiger partial charge in [-0.05, 0) is 26.0 Å². The van der Waals surface area contributed by atoms with Crippen LogP contribution in [0.1, 0.15) is 24.2 Å². The molecule has 0 radical (unpaired) electrons. The minimum Gasteiger partial charge on any atom is -0.494 e. The SMILES string of the molecule is COc1c(Cl)cc(C(=O)OC(C)C)cc1Cl. The Bertz CT molecular complexity index is 379. The Morgan fingerprint density at radius 1 is 1.25 bits per heavy atom. The molecular formula is C11H12Cl2O3. The third-order valence-electron chi connectivity index (χ3n) is 1.78. The lowest BCUT2D eigenvalue weighted by molar-refractivity contribution is 0.0378. The van der Waals surface area contributed by atoms with E-state index < -0.39 is 5.97 Å². The molecule has 0 spiro atoms. The Labute approximate surface area is 104 Å². The van der Waals surface area contributed by atoms with Gasteiger partial charge in [0, 0.05) is 0 Å². The van der Waals surface area contributed by atoms with Gasteiger partial charge < -0.3 is 9.47 Å². The second-order valence-electron chi connectivity index (χ2n) is 3.43. The molecule has 5 heteroatoms. The Morgan fingerprint density at radius 3 is 2.12 bits per heavy atom. The number of ether oxygens (including phenoxy) is 2. The second kappa shape index (κ2) is 5.41. The zero-order valence-electron chi connectivity index (χ0n) is 9.21. The molecule has 0 aliphatic rings. The molecule has 0 bridgehead atoms. The number of benzene rings is 1. The van der Waals surface area contributed by atoms with Crippen LogP contribution in [0.2, 0.25) is 10.0 Å². The van der Waals surface area contributed by atoms with E-state index in [0.29, 0.717) is 11.3 Å². The van der Waals surface area contributed by atoms with Gasteiger partial charge in [-0.25, -0.2) is 4.79 Å². The third kappa shape index (κ3) is 3.03. The van der Waals surface area contributed by atoms with E-state index in [-0.39, 0.29) is 16.1 Å². The predicted octanol–water partition coefficient (Wildman–Crippen LogP) is 3.57. The molecule has 0 N–H and O–H groups in total. The number of methoxy groups -OCH3 is 1. The van der Waals surface area contributed by atoms with E-state index in [4.69, 9.17) is 32.7 Å². The molecule has 0 heterocycles. The monoisotopic (exact) mass is 262 g/mol. The van der Waals surface area contributed by atoms with Gasteiger partial charge in [0.15, 0.2) is 5.75 Å². The van der Waals surface area contributed by atoms with Crippen LogP contribution in [-0.2, 0) is 4.74 Å². The van der Waals surface area contributed by atoms with Crippen LogP contribution in [0.3, 0.4) is 0 Å². The number of carbonyl (C=O) groups is 1. The molecule has 1 aromatic carbocycles. The van der Waals surface area contributed by atoms with Crippen LogP contribution < -0.4 is 4.74 Å². The van der Waals surface area contributed by atoms with Crippen molar-refractivity contribution in [2.75, 3.05) is 7.11 Å². The van der Waals surface area contributed by atoms with Crippen molar-refractivity contribution < 1.29 is 14.3 Å². The number of hydrogen-bond donors (Lipinski definition) is 0. The Kier molecular flexibility index (Phi) is 4.44. The first-order valence-corrected chi connectivity index (χ1v) is 5.45. The highest BCUT2D eigenvalue weighted by Gasteiger charge is 2.15. The van der Waals surface area contributed by atoms with Crippen molar-refractivity contribution >= 4 is 29.2 Å². The number of hydrogen-bond acceptors (Lipinski definition) is 3. The standard InChI is InChI=1S/C11H12Cl2O3/c1-6(2)16-11(14)7-4-8(12)10(15-3)9(13)5-7/h4-6H,1-3H3. The molecule has 0 fully saturated rings. The van der Waals surface area contributed by atoms with Crippen molar-refractivity contribution in [2.45, 2.75) is 20.0 Å². The maximum absolute atomic E-state index is 11.6. The minimum atomic E-state index is -0.457. The van der Waals surface area contributed by atoms with Gasteiger partial charge in [-0.1, -0.05) is 23.2 Å². The summed E-state index contributed by atoms with van der Waals surface area (Å²) < 4.78 is 10.00. The number of esters is 1. The van der Waals surface area contributed by atoms with Crippen molar-refractivity contribution in [1.29, 1.82) is 0 Å². The molecule has 0 saturated heterocycles. The van der Waals surface area contributed by atoms with Gasteiger partial charge in [-0.15, -0.1) is 0 Å². The summed E-state index contributed by atoms with van der Waals surface area (Å²) in [4.78, 5) is 11.6. The lowest BCUT2D eigenvalue weighted by Gasteiger charge is -2.10. The van der Waals surface area contributed by atoms with Crippen LogP contribution in [-0.4, -0.2) is 19.2 Å². The molecule has 3 nitrogen and oxygen atoms in total. The molecule has 0 aliphatic carbocycles. The van der Waals surface area contributed by atoms with Crippen LogP contribution >= 0.6 is 23.2 Å². The highest BCUT2D eigenvalue weighted by atomic mass is 35.5. The fraction of sp³-hybridized carbons (Fsp3) is 0.364. The molecule has 1 rings (SSSR count). The minimum absolute atomic E-state index is 0.188. The van der Waals surface area contributed by atoms with Crippen LogP contribution in [0.4, 0.5) is 0 Å². The zero-order valence-corrected chi connectivity index (χ0v) is 10.7. The Balaban J connectivity index is 3.04. The Morgan fingerprint density at radius 2 is 1.75 bits per heavy atom. The van der Waals surface area contributed by atoms with Crippen molar-refractivity contribution in [3.8, 4) is 5.75 Å². The van der Waals surface area contributed by atoms with E-state index in [1.807, 2.05) is 0 Å². The molecule has 0 unspecified atom stereocenters. The molecule has 0 aliphatic heterocycles. The van der Waals surface area contributed by atoms with Crippen molar-refractivity contribution in [3.63, 3.8) is 0 Å². The average molecular weight is 263 g/mol. The second-order valence-corrected chi connectivity index (χ2v) is 4.24. The van der Waals surface area contributed by atoms with Crippen LogP contribution in [0.15, 0.2) is 12.1 Å². The van der Waals surface area contributed by atoms with Crippen molar-refractivity contribution in [3.05, 3.63) is 27.7 Å². The first-order chi connectivity index (χ1) is 7.45. The van der Waals surface area contributed by atoms with Gasteiger partial charge in [0.05, 0.1) is 28.8 Å². The molecule has 16 heavy (non-hydrogen) atoms. The quantitative estimate of drug-likeness (QED) is 0.782. The van der Waals surface area contributed by atoms with E-state index in [9.17, 15) is 4.79 Å². The van der Waals surface area contributed by atoms with E-state index in [0.717, 1.165) is 0 Å². The zero-order chi connectivity index (χ0) is 12.3. The smallest absolute Gasteiger partial charge is 0.338 e. The van der Waals surface area contributed by atoms with E-state index >= 15 is 0 Å². The first-order valence-electron chi connectivity index (χ1n) is 4.69. The largest absolute Gasteiger partial charge is 0.494 e. The lowest BCUT2D eigenvalue weighted by atomic mass is 10.2. The fourth-order valence-corrected chi connectivity index (χ4v) is 1.80. The molecular weight excluding hydrogens is 251 g/mol. The maximum atomic E-state index is 11.6. The predicted molar refractivity (Wildman–Crippen MR) is 63.6 cm³/mol. The average Bonchev–Trinajstić information content (AvgIpc) is 2.16. The third-order valence-corrected chi connectivity index (χ3v) is 2.34. The molecule has 0 saturated carbocycles. The highest BCUT2D eigenvalue weighted by molar-refractivity contribution is 6.37. The Hall–Kier alpha value is -0.930. The van der Waals surface area contributed by atoms with Crippen LogP contribution in [0.5, 0.6) is 5.75 Å². The fourth-order valence-electron chi connectivity index (χ4n) is 1.15. The first kappa shape index (κ1) is 13.1. The summed E-state index contributed by atoms with van der Waals surface area (Å²) in [5.74, 6) is -0.106. The summed E-state index contributed by atoms with van der Waals surface area (Å²) in [5, 5.41) is 0.566. The lowest BCUT2D eigenvalue weighted by Crippen LogP contribution is -2.11. The van der Waals surface area contributed by atoms with Gasteiger partial charge in [0.2, 0.25) is 0 Å². The summed E-state index contributed by atoms with van der Waals surface area (Å²) in [6.45, 7) is 3.54. The summed E-state index contributed by atoms with van der Waals surface area (Å²) >= 11 is 11.8. The van der Waals surface area contributed by atoms with Gasteiger partial charge >= 0.3 is 5.97 Å². The van der Waals surface area contributed by atoms with Gasteiger partial charge in [-0.2, -0.15) is 0 Å². The summed E-state index contributed by atoms with van der Waals surface area (Å²) in [6, 6.07) is 2.94. The number of halogens is 2. The molecule has 0 atom stereocenters. The molecule has 0 aromatic heterocycles. The summed E-state index contributed by atoms with van der Waals surface area (Å²) in [6.07, 6.45) is -0.188. The topological polar surface area (TPSA) is 35.5 Å². The molecule has 88 valence electrons. The normalized spacial score (nSPS) is 10.4. The molecule has 1 aromatic rings. The van der Waals surface area contributed by atoms with Crippen molar-refractivity contribution in [2.24, 2.45) is 0 Å². The summed E-state index contributed by atoms with van der Waals surface area (Å²) in [5.41, 5.74) is 0.310. The highest BCUT2D eigenvalue weighted by Crippen LogP contribution is 2.34. The number of rotatable bonds is 3. The van der Waals surface area contributed by atoms with E-state index in [2.05, 4.69) is 0 Å².